The first kappa shape index (κ1) is 23.0. The van der Waals surface area contributed by atoms with Crippen molar-refractivity contribution in [2.45, 2.75) is 32.7 Å². The summed E-state index contributed by atoms with van der Waals surface area (Å²) in [7, 11) is 0. The smallest absolute Gasteiger partial charge is 0.271 e. The summed E-state index contributed by atoms with van der Waals surface area (Å²) >= 11 is 0. The van der Waals surface area contributed by atoms with E-state index in [1.165, 1.54) is 23.1 Å². The second kappa shape index (κ2) is 10.5. The van der Waals surface area contributed by atoms with Crippen LogP contribution in [0.25, 0.3) is 0 Å². The molecular formula is C21H30N4O6. The first-order valence-corrected chi connectivity index (χ1v) is 10.7. The van der Waals surface area contributed by atoms with Gasteiger partial charge >= 0.3 is 0 Å². The van der Waals surface area contributed by atoms with Gasteiger partial charge in [-0.25, -0.2) is 0 Å². The Morgan fingerprint density at radius 3 is 2.61 bits per heavy atom. The predicted octanol–water partition coefficient (Wildman–Crippen LogP) is 1.57. The minimum Gasteiger partial charge on any atom is -0.482 e. The second-order valence-corrected chi connectivity index (χ2v) is 7.77. The van der Waals surface area contributed by atoms with Gasteiger partial charge in [-0.3, -0.25) is 29.5 Å². The Morgan fingerprint density at radius 1 is 1.26 bits per heavy atom. The third-order valence-corrected chi connectivity index (χ3v) is 6.01. The van der Waals surface area contributed by atoms with Gasteiger partial charge in [-0.05, 0) is 12.0 Å². The van der Waals surface area contributed by atoms with Crippen LogP contribution in [0.3, 0.4) is 0 Å². The molecule has 1 fully saturated rings. The molecule has 0 radical (unpaired) electrons. The molecule has 0 aliphatic carbocycles. The molecule has 2 amide bonds. The maximum absolute atomic E-state index is 12.7. The molecule has 0 bridgehead atoms. The molecule has 2 aliphatic rings. The topological polar surface area (TPSA) is 114 Å². The number of nitro groups is 1. The molecule has 0 spiro atoms. The molecule has 2 heterocycles. The van der Waals surface area contributed by atoms with E-state index in [-0.39, 0.29) is 36.5 Å². The van der Waals surface area contributed by atoms with E-state index in [0.717, 1.165) is 25.9 Å². The van der Waals surface area contributed by atoms with Crippen molar-refractivity contribution in [1.29, 1.82) is 0 Å². The molecule has 1 atom stereocenters. The number of morpholine rings is 1. The quantitative estimate of drug-likeness (QED) is 0.463. The molecule has 1 saturated heterocycles. The van der Waals surface area contributed by atoms with Crippen molar-refractivity contribution in [1.82, 2.24) is 10.2 Å². The van der Waals surface area contributed by atoms with Gasteiger partial charge in [0.25, 0.3) is 11.6 Å². The molecule has 1 aromatic rings. The molecular weight excluding hydrogens is 404 g/mol. The van der Waals surface area contributed by atoms with Gasteiger partial charge in [0.15, 0.2) is 6.61 Å². The van der Waals surface area contributed by atoms with Gasteiger partial charge in [0, 0.05) is 37.8 Å². The molecule has 1 aromatic carbocycles. The largest absolute Gasteiger partial charge is 0.482 e. The van der Waals surface area contributed by atoms with Crippen LogP contribution in [0.5, 0.6) is 5.75 Å². The van der Waals surface area contributed by atoms with Gasteiger partial charge < -0.3 is 14.8 Å². The van der Waals surface area contributed by atoms with Crippen LogP contribution in [0.1, 0.15) is 26.7 Å². The van der Waals surface area contributed by atoms with Crippen molar-refractivity contribution >= 4 is 23.2 Å². The number of carbonyl (C=O) groups is 2. The summed E-state index contributed by atoms with van der Waals surface area (Å²) in [6, 6.07) is 4.22. The Bertz CT molecular complexity index is 807. The van der Waals surface area contributed by atoms with Crippen molar-refractivity contribution in [2.75, 3.05) is 50.9 Å². The number of non-ortho nitro benzene ring substituents is 1. The van der Waals surface area contributed by atoms with Crippen LogP contribution in [-0.2, 0) is 14.3 Å². The van der Waals surface area contributed by atoms with Crippen LogP contribution in [0.15, 0.2) is 18.2 Å². The van der Waals surface area contributed by atoms with Crippen molar-refractivity contribution < 1.29 is 24.0 Å². The molecule has 31 heavy (non-hydrogen) atoms. The van der Waals surface area contributed by atoms with Gasteiger partial charge in [-0.2, -0.15) is 0 Å². The number of nitrogens with zero attached hydrogens (tertiary/aromatic N) is 3. The third kappa shape index (κ3) is 5.50. The maximum atomic E-state index is 12.7. The molecule has 2 aliphatic heterocycles. The summed E-state index contributed by atoms with van der Waals surface area (Å²) in [5, 5.41) is 14.1. The number of carbonyl (C=O) groups excluding carboxylic acids is 2. The average molecular weight is 434 g/mol. The second-order valence-electron chi connectivity index (χ2n) is 7.77. The van der Waals surface area contributed by atoms with E-state index in [1.54, 1.807) is 0 Å². The maximum Gasteiger partial charge on any atom is 0.271 e. The van der Waals surface area contributed by atoms with E-state index in [2.05, 4.69) is 24.1 Å². The monoisotopic (exact) mass is 434 g/mol. The summed E-state index contributed by atoms with van der Waals surface area (Å²) in [6.45, 7) is 7.39. The van der Waals surface area contributed by atoms with E-state index in [4.69, 9.17) is 9.47 Å². The Hall–Kier alpha value is -2.72. The Morgan fingerprint density at radius 2 is 1.97 bits per heavy atom. The third-order valence-electron chi connectivity index (χ3n) is 6.01. The lowest BCUT2D eigenvalue weighted by molar-refractivity contribution is -0.384. The molecule has 0 aromatic heterocycles. The first-order chi connectivity index (χ1) is 14.9. The van der Waals surface area contributed by atoms with Crippen molar-refractivity contribution in [2.24, 2.45) is 5.92 Å². The number of fused-ring (bicyclic) bond motifs is 1. The highest BCUT2D eigenvalue weighted by molar-refractivity contribution is 6.02. The molecule has 3 rings (SSSR count). The SMILES string of the molecule is CCC(CC)[C@H](CNC(=O)CN1C(=O)COc2ccc([N+](=O)[O-])cc21)N1CCOCC1. The van der Waals surface area contributed by atoms with E-state index in [9.17, 15) is 19.7 Å². The fraction of sp³-hybridized carbons (Fsp3) is 0.619. The van der Waals surface area contributed by atoms with Crippen LogP contribution in [0, 0.1) is 16.0 Å². The van der Waals surface area contributed by atoms with E-state index in [1.807, 2.05) is 0 Å². The average Bonchev–Trinajstić information content (AvgIpc) is 2.78. The highest BCUT2D eigenvalue weighted by atomic mass is 16.6. The van der Waals surface area contributed by atoms with Gasteiger partial charge in [0.05, 0.1) is 23.8 Å². The summed E-state index contributed by atoms with van der Waals surface area (Å²) < 4.78 is 10.8. The lowest BCUT2D eigenvalue weighted by atomic mass is 9.92. The summed E-state index contributed by atoms with van der Waals surface area (Å²) in [5.41, 5.74) is 0.0777. The summed E-state index contributed by atoms with van der Waals surface area (Å²) in [4.78, 5) is 39.3. The standard InChI is InChI=1S/C21H30N4O6/c1-3-15(4-2)18(23-7-9-30-10-8-23)12-22-20(26)13-24-17-11-16(25(28)29)5-6-19(17)31-14-21(24)27/h5-6,11,15,18H,3-4,7-10,12-14H2,1-2H3,(H,22,26)/t18-/m0/s1. The van der Waals surface area contributed by atoms with Crippen molar-refractivity contribution in [3.05, 3.63) is 28.3 Å². The van der Waals surface area contributed by atoms with E-state index >= 15 is 0 Å². The predicted molar refractivity (Wildman–Crippen MR) is 114 cm³/mol. The van der Waals surface area contributed by atoms with Gasteiger partial charge in [-0.1, -0.05) is 26.7 Å². The minimum absolute atomic E-state index is 0.163. The number of hydrogen-bond donors (Lipinski definition) is 1. The summed E-state index contributed by atoms with van der Waals surface area (Å²) in [6.07, 6.45) is 2.01. The van der Waals surface area contributed by atoms with Crippen molar-refractivity contribution in [3.63, 3.8) is 0 Å². The number of benzene rings is 1. The Labute approximate surface area is 181 Å². The normalized spacial score (nSPS) is 17.8. The fourth-order valence-corrected chi connectivity index (χ4v) is 4.23. The van der Waals surface area contributed by atoms with Crippen LogP contribution < -0.4 is 15.0 Å². The molecule has 10 heteroatoms. The number of hydrogen-bond acceptors (Lipinski definition) is 7. The zero-order valence-electron chi connectivity index (χ0n) is 18.0. The molecule has 170 valence electrons. The summed E-state index contributed by atoms with van der Waals surface area (Å²) in [5.74, 6) is 0.0674. The number of ether oxygens (including phenoxy) is 2. The first-order valence-electron chi connectivity index (χ1n) is 10.7. The van der Waals surface area contributed by atoms with E-state index < -0.39 is 10.8 Å². The highest BCUT2D eigenvalue weighted by Gasteiger charge is 2.31. The van der Waals surface area contributed by atoms with Gasteiger partial charge in [0.1, 0.15) is 12.3 Å². The van der Waals surface area contributed by atoms with E-state index in [0.29, 0.717) is 31.4 Å². The van der Waals surface area contributed by atoms with Gasteiger partial charge in [-0.15, -0.1) is 0 Å². The van der Waals surface area contributed by atoms with Crippen LogP contribution in [0.2, 0.25) is 0 Å². The van der Waals surface area contributed by atoms with Crippen LogP contribution in [0.4, 0.5) is 11.4 Å². The number of nitro benzene ring substituents is 1. The lowest BCUT2D eigenvalue weighted by Crippen LogP contribution is -2.53. The number of rotatable bonds is 9. The van der Waals surface area contributed by atoms with Gasteiger partial charge in [0.2, 0.25) is 5.91 Å². The Kier molecular flexibility index (Phi) is 7.80. The van der Waals surface area contributed by atoms with Crippen LogP contribution in [-0.4, -0.2) is 73.7 Å². The Balaban J connectivity index is 1.68. The fourth-order valence-electron chi connectivity index (χ4n) is 4.23. The minimum atomic E-state index is -0.541. The number of amides is 2. The zero-order valence-corrected chi connectivity index (χ0v) is 18.0. The zero-order chi connectivity index (χ0) is 22.4. The molecule has 10 nitrogen and oxygen atoms in total. The number of nitrogens with one attached hydrogen (secondary N) is 1. The molecule has 0 unspecified atom stereocenters. The van der Waals surface area contributed by atoms with Crippen LogP contribution >= 0.6 is 0 Å². The lowest BCUT2D eigenvalue weighted by Gasteiger charge is -2.39. The van der Waals surface area contributed by atoms with Crippen molar-refractivity contribution in [3.8, 4) is 5.75 Å². The molecule has 0 saturated carbocycles. The highest BCUT2D eigenvalue weighted by Crippen LogP contribution is 2.35. The number of anilines is 1. The molecule has 1 N–H and O–H groups in total.